The quantitative estimate of drug-likeness (QED) is 0.691. The van der Waals surface area contributed by atoms with Crippen LogP contribution < -0.4 is 0 Å². The summed E-state index contributed by atoms with van der Waals surface area (Å²) in [5.74, 6) is -0.484. The Morgan fingerprint density at radius 1 is 1.25 bits per heavy atom. The molecule has 0 aliphatic carbocycles. The van der Waals surface area contributed by atoms with Crippen molar-refractivity contribution in [2.75, 3.05) is 6.61 Å². The molecule has 118 valence electrons. The van der Waals surface area contributed by atoms with Crippen molar-refractivity contribution in [2.24, 2.45) is 0 Å². The van der Waals surface area contributed by atoms with E-state index in [1.807, 2.05) is 36.4 Å². The summed E-state index contributed by atoms with van der Waals surface area (Å²) in [7, 11) is 0. The number of carbonyl (C=O) groups is 1. The average Bonchev–Trinajstić information content (AvgIpc) is 3.08. The van der Waals surface area contributed by atoms with Crippen molar-refractivity contribution in [2.45, 2.75) is 6.92 Å². The Balaban J connectivity index is 2.12. The maximum Gasteiger partial charge on any atom is 0.358 e. The van der Waals surface area contributed by atoms with Gasteiger partial charge in [-0.05, 0) is 31.2 Å². The molecule has 0 atom stereocenters. The summed E-state index contributed by atoms with van der Waals surface area (Å²) in [4.78, 5) is 16.3. The first-order valence-corrected chi connectivity index (χ1v) is 7.42. The molecule has 0 saturated carbocycles. The van der Waals surface area contributed by atoms with Gasteiger partial charge < -0.3 is 4.74 Å². The van der Waals surface area contributed by atoms with Gasteiger partial charge in [-0.15, -0.1) is 0 Å². The van der Waals surface area contributed by atoms with Gasteiger partial charge in [0.05, 0.1) is 29.2 Å². The molecule has 2 heterocycles. The smallest absolute Gasteiger partial charge is 0.358 e. The third kappa shape index (κ3) is 3.01. The standard InChI is InChI=1S/C18H14N4O2/c1-2-24-18(23)16-10-17(15-9-8-13(11-19)12-20-15)22(21-16)14-6-4-3-5-7-14/h3-10,12H,2H2,1H3. The van der Waals surface area contributed by atoms with Crippen LogP contribution in [-0.2, 0) is 4.74 Å². The van der Waals surface area contributed by atoms with E-state index in [9.17, 15) is 4.79 Å². The van der Waals surface area contributed by atoms with Crippen molar-refractivity contribution in [3.05, 3.63) is 66.0 Å². The number of esters is 1. The number of para-hydroxylation sites is 1. The number of rotatable bonds is 4. The molecule has 0 saturated heterocycles. The van der Waals surface area contributed by atoms with E-state index in [4.69, 9.17) is 10.00 Å². The lowest BCUT2D eigenvalue weighted by Gasteiger charge is -2.06. The van der Waals surface area contributed by atoms with Crippen molar-refractivity contribution < 1.29 is 9.53 Å². The largest absolute Gasteiger partial charge is 0.461 e. The van der Waals surface area contributed by atoms with Gasteiger partial charge >= 0.3 is 5.97 Å². The van der Waals surface area contributed by atoms with E-state index in [0.717, 1.165) is 5.69 Å². The molecule has 0 aliphatic heterocycles. The molecule has 0 radical (unpaired) electrons. The summed E-state index contributed by atoms with van der Waals surface area (Å²) in [6.07, 6.45) is 1.49. The lowest BCUT2D eigenvalue weighted by atomic mass is 10.2. The van der Waals surface area contributed by atoms with Gasteiger partial charge in [-0.2, -0.15) is 10.4 Å². The molecule has 1 aromatic carbocycles. The van der Waals surface area contributed by atoms with Gasteiger partial charge in [0, 0.05) is 12.3 Å². The van der Waals surface area contributed by atoms with E-state index >= 15 is 0 Å². The molecule has 0 aliphatic rings. The summed E-state index contributed by atoms with van der Waals surface area (Å²) in [5.41, 5.74) is 2.74. The number of aromatic nitrogens is 3. The number of carbonyl (C=O) groups excluding carboxylic acids is 1. The van der Waals surface area contributed by atoms with Crippen LogP contribution in [0.15, 0.2) is 54.7 Å². The van der Waals surface area contributed by atoms with Crippen LogP contribution in [0.25, 0.3) is 17.1 Å². The number of hydrogen-bond donors (Lipinski definition) is 0. The normalized spacial score (nSPS) is 10.2. The Kier molecular flexibility index (Phi) is 4.34. The molecular weight excluding hydrogens is 304 g/mol. The fourth-order valence-corrected chi connectivity index (χ4v) is 2.25. The van der Waals surface area contributed by atoms with Crippen molar-refractivity contribution >= 4 is 5.97 Å². The molecule has 0 fully saturated rings. The van der Waals surface area contributed by atoms with Gasteiger partial charge in [0.15, 0.2) is 5.69 Å². The van der Waals surface area contributed by atoms with E-state index in [1.54, 1.807) is 29.8 Å². The Hall–Kier alpha value is -3.46. The highest BCUT2D eigenvalue weighted by Crippen LogP contribution is 2.23. The van der Waals surface area contributed by atoms with E-state index < -0.39 is 5.97 Å². The van der Waals surface area contributed by atoms with Crippen LogP contribution in [0, 0.1) is 11.3 Å². The number of hydrogen-bond acceptors (Lipinski definition) is 5. The second kappa shape index (κ2) is 6.75. The molecule has 0 amide bonds. The van der Waals surface area contributed by atoms with Crippen LogP contribution in [0.2, 0.25) is 0 Å². The molecule has 6 nitrogen and oxygen atoms in total. The van der Waals surface area contributed by atoms with Crippen LogP contribution in [0.5, 0.6) is 0 Å². The van der Waals surface area contributed by atoms with Crippen molar-refractivity contribution in [1.29, 1.82) is 5.26 Å². The predicted octanol–water partition coefficient (Wildman–Crippen LogP) is 2.98. The van der Waals surface area contributed by atoms with Crippen molar-refractivity contribution in [3.8, 4) is 23.1 Å². The van der Waals surface area contributed by atoms with Crippen LogP contribution in [0.4, 0.5) is 0 Å². The SMILES string of the molecule is CCOC(=O)c1cc(-c2ccc(C#N)cn2)n(-c2ccccc2)n1. The molecule has 6 heteroatoms. The zero-order valence-corrected chi connectivity index (χ0v) is 13.0. The Labute approximate surface area is 138 Å². The minimum absolute atomic E-state index is 0.210. The molecule has 0 spiro atoms. The van der Waals surface area contributed by atoms with Gasteiger partial charge in [-0.25, -0.2) is 9.48 Å². The first-order chi connectivity index (χ1) is 11.7. The van der Waals surface area contributed by atoms with Crippen LogP contribution in [0.3, 0.4) is 0 Å². The van der Waals surface area contributed by atoms with Crippen molar-refractivity contribution in [3.63, 3.8) is 0 Å². The highest BCUT2D eigenvalue weighted by Gasteiger charge is 2.18. The number of pyridine rings is 1. The lowest BCUT2D eigenvalue weighted by molar-refractivity contribution is 0.0519. The van der Waals surface area contributed by atoms with Crippen LogP contribution in [0.1, 0.15) is 23.0 Å². The van der Waals surface area contributed by atoms with E-state index in [0.29, 0.717) is 17.0 Å². The maximum absolute atomic E-state index is 12.0. The molecule has 0 N–H and O–H groups in total. The third-order valence-corrected chi connectivity index (χ3v) is 3.35. The topological polar surface area (TPSA) is 80.8 Å². The van der Waals surface area contributed by atoms with Crippen LogP contribution >= 0.6 is 0 Å². The second-order valence-electron chi connectivity index (χ2n) is 4.93. The van der Waals surface area contributed by atoms with Gasteiger partial charge in [-0.1, -0.05) is 18.2 Å². The maximum atomic E-state index is 12.0. The molecule has 3 aromatic rings. The molecule has 24 heavy (non-hydrogen) atoms. The van der Waals surface area contributed by atoms with Gasteiger partial charge in [0.25, 0.3) is 0 Å². The highest BCUT2D eigenvalue weighted by molar-refractivity contribution is 5.88. The third-order valence-electron chi connectivity index (χ3n) is 3.35. The monoisotopic (exact) mass is 318 g/mol. The first-order valence-electron chi connectivity index (χ1n) is 7.42. The summed E-state index contributed by atoms with van der Waals surface area (Å²) in [6, 6.07) is 16.5. The van der Waals surface area contributed by atoms with E-state index in [1.165, 1.54) is 6.20 Å². The minimum atomic E-state index is -0.484. The molecule has 3 rings (SSSR count). The Morgan fingerprint density at radius 3 is 2.67 bits per heavy atom. The minimum Gasteiger partial charge on any atom is -0.461 e. The van der Waals surface area contributed by atoms with Gasteiger partial charge in [-0.3, -0.25) is 4.98 Å². The predicted molar refractivity (Wildman–Crippen MR) is 87.5 cm³/mol. The second-order valence-corrected chi connectivity index (χ2v) is 4.93. The fourth-order valence-electron chi connectivity index (χ4n) is 2.25. The highest BCUT2D eigenvalue weighted by atomic mass is 16.5. The van der Waals surface area contributed by atoms with Crippen molar-refractivity contribution in [1.82, 2.24) is 14.8 Å². The fraction of sp³-hybridized carbons (Fsp3) is 0.111. The molecule has 2 aromatic heterocycles. The number of ether oxygens (including phenoxy) is 1. The zero-order chi connectivity index (χ0) is 16.9. The lowest BCUT2D eigenvalue weighted by Crippen LogP contribution is -2.06. The molecule has 0 bridgehead atoms. The van der Waals surface area contributed by atoms with Gasteiger partial charge in [0.2, 0.25) is 0 Å². The van der Waals surface area contributed by atoms with Crippen LogP contribution in [-0.4, -0.2) is 27.3 Å². The number of benzene rings is 1. The Bertz CT molecular complexity index is 893. The summed E-state index contributed by atoms with van der Waals surface area (Å²) in [6.45, 7) is 2.02. The van der Waals surface area contributed by atoms with E-state index in [-0.39, 0.29) is 12.3 Å². The first kappa shape index (κ1) is 15.4. The summed E-state index contributed by atoms with van der Waals surface area (Å²) < 4.78 is 6.67. The Morgan fingerprint density at radius 2 is 2.04 bits per heavy atom. The zero-order valence-electron chi connectivity index (χ0n) is 13.0. The number of nitrogens with zero attached hydrogens (tertiary/aromatic N) is 4. The number of nitriles is 1. The molecule has 0 unspecified atom stereocenters. The van der Waals surface area contributed by atoms with E-state index in [2.05, 4.69) is 10.1 Å². The molecular formula is C18H14N4O2. The summed E-state index contributed by atoms with van der Waals surface area (Å²) in [5, 5.41) is 13.3. The van der Waals surface area contributed by atoms with Gasteiger partial charge in [0.1, 0.15) is 6.07 Å². The summed E-state index contributed by atoms with van der Waals surface area (Å²) >= 11 is 0. The average molecular weight is 318 g/mol.